The zero-order valence-electron chi connectivity index (χ0n) is 9.90. The Kier molecular flexibility index (Phi) is 5.47. The smallest absolute Gasteiger partial charge is 0.287 e. The molecule has 5 nitrogen and oxygen atoms in total. The quantitative estimate of drug-likeness (QED) is 0.512. The Morgan fingerprint density at radius 3 is 2.47 bits per heavy atom. The first-order valence-electron chi connectivity index (χ1n) is 5.73. The van der Waals surface area contributed by atoms with Crippen molar-refractivity contribution in [2.75, 3.05) is 5.75 Å². The van der Waals surface area contributed by atoms with Gasteiger partial charge in [0.25, 0.3) is 11.7 Å². The van der Waals surface area contributed by atoms with Crippen molar-refractivity contribution in [3.8, 4) is 0 Å². The number of nitrogens with one attached hydrogen (secondary N) is 1. The van der Waals surface area contributed by atoms with Gasteiger partial charge in [-0.05, 0) is 18.1 Å². The van der Waals surface area contributed by atoms with Gasteiger partial charge in [-0.2, -0.15) is 0 Å². The molecule has 1 fully saturated rings. The summed E-state index contributed by atoms with van der Waals surface area (Å²) >= 11 is 1.28. The highest BCUT2D eigenvalue weighted by Gasteiger charge is 2.25. The number of hydrogen-bond donors (Lipinski definition) is 2. The van der Waals surface area contributed by atoms with Crippen LogP contribution in [-0.2, 0) is 14.4 Å². The molecule has 2 amide bonds. The second-order valence-corrected chi connectivity index (χ2v) is 5.48. The first kappa shape index (κ1) is 14.0. The van der Waals surface area contributed by atoms with E-state index < -0.39 is 17.1 Å². The lowest BCUT2D eigenvalue weighted by molar-refractivity contribution is -0.136. The Balaban J connectivity index is 2.36. The molecule has 1 rings (SSSR count). The van der Waals surface area contributed by atoms with Crippen LogP contribution in [0.5, 0.6) is 0 Å². The molecule has 1 unspecified atom stereocenters. The third kappa shape index (κ3) is 4.77. The number of primary amides is 1. The first-order valence-corrected chi connectivity index (χ1v) is 6.78. The highest BCUT2D eigenvalue weighted by atomic mass is 32.2. The fourth-order valence-electron chi connectivity index (χ4n) is 1.63. The van der Waals surface area contributed by atoms with Crippen molar-refractivity contribution in [1.82, 2.24) is 5.32 Å². The van der Waals surface area contributed by atoms with E-state index in [-0.39, 0.29) is 5.91 Å². The zero-order valence-corrected chi connectivity index (χ0v) is 10.7. The lowest BCUT2D eigenvalue weighted by Gasteiger charge is -2.25. The molecule has 1 aliphatic carbocycles. The molecular formula is C11H18N2O3S. The average molecular weight is 258 g/mol. The van der Waals surface area contributed by atoms with Crippen LogP contribution in [0.15, 0.2) is 0 Å². The van der Waals surface area contributed by atoms with Crippen molar-refractivity contribution in [1.29, 1.82) is 0 Å². The van der Waals surface area contributed by atoms with Crippen LogP contribution in [-0.4, -0.2) is 28.7 Å². The van der Waals surface area contributed by atoms with Gasteiger partial charge in [-0.25, -0.2) is 0 Å². The number of thioether (sulfide) groups is 1. The van der Waals surface area contributed by atoms with E-state index in [1.807, 2.05) is 0 Å². The molecule has 17 heavy (non-hydrogen) atoms. The minimum atomic E-state index is -1.00. The second kappa shape index (κ2) is 6.64. The first-order chi connectivity index (χ1) is 8.00. The predicted molar refractivity (Wildman–Crippen MR) is 66.2 cm³/mol. The van der Waals surface area contributed by atoms with Crippen molar-refractivity contribution in [2.45, 2.75) is 38.0 Å². The Morgan fingerprint density at radius 2 is 2.06 bits per heavy atom. The molecule has 0 aromatic carbocycles. The van der Waals surface area contributed by atoms with Gasteiger partial charge in [-0.3, -0.25) is 14.4 Å². The van der Waals surface area contributed by atoms with Gasteiger partial charge in [-0.15, -0.1) is 11.8 Å². The van der Waals surface area contributed by atoms with E-state index in [1.165, 1.54) is 37.9 Å². The molecule has 0 aromatic heterocycles. The third-order valence-corrected chi connectivity index (χ3v) is 3.99. The van der Waals surface area contributed by atoms with Crippen LogP contribution in [0.1, 0.15) is 32.6 Å². The van der Waals surface area contributed by atoms with Crippen LogP contribution >= 0.6 is 11.8 Å². The molecule has 96 valence electrons. The van der Waals surface area contributed by atoms with Crippen LogP contribution in [0.3, 0.4) is 0 Å². The Morgan fingerprint density at radius 1 is 1.41 bits per heavy atom. The van der Waals surface area contributed by atoms with Gasteiger partial charge in [0.15, 0.2) is 0 Å². The van der Waals surface area contributed by atoms with Gasteiger partial charge in [0.1, 0.15) is 5.37 Å². The van der Waals surface area contributed by atoms with Crippen molar-refractivity contribution >= 4 is 29.4 Å². The van der Waals surface area contributed by atoms with Crippen LogP contribution in [0.4, 0.5) is 0 Å². The maximum absolute atomic E-state index is 11.4. The summed E-state index contributed by atoms with van der Waals surface area (Å²) in [5.74, 6) is -0.571. The van der Waals surface area contributed by atoms with Crippen LogP contribution < -0.4 is 11.1 Å². The largest absolute Gasteiger partial charge is 0.363 e. The van der Waals surface area contributed by atoms with Gasteiger partial charge in [0.2, 0.25) is 5.91 Å². The molecule has 0 saturated heterocycles. The van der Waals surface area contributed by atoms with Gasteiger partial charge < -0.3 is 11.1 Å². The summed E-state index contributed by atoms with van der Waals surface area (Å²) in [6, 6.07) is 0. The highest BCUT2D eigenvalue weighted by molar-refractivity contribution is 8.00. The van der Waals surface area contributed by atoms with Crippen LogP contribution in [0.25, 0.3) is 0 Å². The number of nitrogens with two attached hydrogens (primary N) is 1. The van der Waals surface area contributed by atoms with Crippen LogP contribution in [0.2, 0.25) is 0 Å². The molecule has 1 saturated carbocycles. The maximum Gasteiger partial charge on any atom is 0.287 e. The normalized spacial score (nSPS) is 17.0. The highest BCUT2D eigenvalue weighted by Crippen LogP contribution is 2.30. The van der Waals surface area contributed by atoms with E-state index in [0.29, 0.717) is 0 Å². The number of carbonyl (C=O) groups is 3. The monoisotopic (exact) mass is 258 g/mol. The molecule has 1 atom stereocenters. The topological polar surface area (TPSA) is 89.3 Å². The molecule has 0 heterocycles. The van der Waals surface area contributed by atoms with E-state index in [9.17, 15) is 14.4 Å². The average Bonchev–Trinajstić information content (AvgIpc) is 2.18. The van der Waals surface area contributed by atoms with Gasteiger partial charge in [0.05, 0.1) is 0 Å². The zero-order chi connectivity index (χ0) is 12.8. The van der Waals surface area contributed by atoms with Gasteiger partial charge in [-0.1, -0.05) is 19.3 Å². The van der Waals surface area contributed by atoms with Gasteiger partial charge in [0, 0.05) is 6.92 Å². The SMILES string of the molecule is CC(=O)NC(SCCC1CCC1)C(=O)C(N)=O. The fourth-order valence-corrected chi connectivity index (χ4v) is 2.85. The van der Waals surface area contributed by atoms with E-state index in [1.54, 1.807) is 0 Å². The van der Waals surface area contributed by atoms with E-state index in [0.717, 1.165) is 18.1 Å². The Labute approximate surface area is 105 Å². The summed E-state index contributed by atoms with van der Waals surface area (Å²) in [6.07, 6.45) is 4.79. The standard InChI is InChI=1S/C11H18N2O3S/c1-7(14)13-11(9(15)10(12)16)17-6-5-8-3-2-4-8/h8,11H,2-6H2,1H3,(H2,12,16)(H,13,14). The number of amides is 2. The maximum atomic E-state index is 11.4. The van der Waals surface area contributed by atoms with Crippen molar-refractivity contribution < 1.29 is 14.4 Å². The Bertz CT molecular complexity index is 316. The number of carbonyl (C=O) groups excluding carboxylic acids is 3. The molecular weight excluding hydrogens is 240 g/mol. The number of Topliss-reactive ketones (excluding diaryl/α,β-unsaturated/α-hetero) is 1. The molecule has 6 heteroatoms. The second-order valence-electron chi connectivity index (χ2n) is 4.27. The molecule has 0 aliphatic heterocycles. The number of rotatable bonds is 7. The van der Waals surface area contributed by atoms with Crippen LogP contribution in [0, 0.1) is 5.92 Å². The number of ketones is 1. The Hall–Kier alpha value is -1.04. The number of hydrogen-bond acceptors (Lipinski definition) is 4. The summed E-state index contributed by atoms with van der Waals surface area (Å²) in [4.78, 5) is 33.1. The minimum absolute atomic E-state index is 0.333. The third-order valence-electron chi connectivity index (χ3n) is 2.85. The van der Waals surface area contributed by atoms with E-state index in [4.69, 9.17) is 5.73 Å². The van der Waals surface area contributed by atoms with E-state index in [2.05, 4.69) is 5.32 Å². The van der Waals surface area contributed by atoms with Crippen molar-refractivity contribution in [3.05, 3.63) is 0 Å². The van der Waals surface area contributed by atoms with E-state index >= 15 is 0 Å². The lowest BCUT2D eigenvalue weighted by atomic mass is 9.84. The molecule has 3 N–H and O–H groups in total. The lowest BCUT2D eigenvalue weighted by Crippen LogP contribution is -2.43. The summed E-state index contributed by atoms with van der Waals surface area (Å²) in [5, 5.41) is 1.62. The van der Waals surface area contributed by atoms with Crippen molar-refractivity contribution in [3.63, 3.8) is 0 Å². The summed E-state index contributed by atoms with van der Waals surface area (Å²) in [6.45, 7) is 1.31. The summed E-state index contributed by atoms with van der Waals surface area (Å²) < 4.78 is 0. The minimum Gasteiger partial charge on any atom is -0.363 e. The summed E-state index contributed by atoms with van der Waals surface area (Å²) in [7, 11) is 0. The molecule has 0 radical (unpaired) electrons. The predicted octanol–water partition coefficient (Wildman–Crippen LogP) is 0.426. The fraction of sp³-hybridized carbons (Fsp3) is 0.727. The van der Waals surface area contributed by atoms with Gasteiger partial charge >= 0.3 is 0 Å². The summed E-state index contributed by atoms with van der Waals surface area (Å²) in [5.41, 5.74) is 4.93. The molecule has 1 aliphatic rings. The molecule has 0 bridgehead atoms. The van der Waals surface area contributed by atoms with Crippen molar-refractivity contribution in [2.24, 2.45) is 11.7 Å². The molecule has 0 aromatic rings. The molecule has 0 spiro atoms.